The van der Waals surface area contributed by atoms with Crippen molar-refractivity contribution in [3.63, 3.8) is 0 Å². The van der Waals surface area contributed by atoms with Gasteiger partial charge in [0.2, 0.25) is 0 Å². The standard InChI is InChI=1S/C21H35N3/c1-19(2,3)22-23(20(4,5)6)15-17-14-16-12-10-11-13-18(16)24(17)21(7,8)9/h10-14,22H,15H2,1-9H3. The first-order valence-electron chi connectivity index (χ1n) is 8.94. The molecule has 1 heterocycles. The van der Waals surface area contributed by atoms with Gasteiger partial charge >= 0.3 is 0 Å². The van der Waals surface area contributed by atoms with Crippen molar-refractivity contribution in [1.29, 1.82) is 0 Å². The van der Waals surface area contributed by atoms with Crippen molar-refractivity contribution < 1.29 is 0 Å². The number of nitrogens with zero attached hydrogens (tertiary/aromatic N) is 2. The Morgan fingerprint density at radius 3 is 2.00 bits per heavy atom. The first-order chi connectivity index (χ1) is 10.8. The number of rotatable bonds is 3. The topological polar surface area (TPSA) is 20.2 Å². The lowest BCUT2D eigenvalue weighted by atomic mass is 10.1. The maximum atomic E-state index is 3.69. The van der Waals surface area contributed by atoms with E-state index in [4.69, 9.17) is 0 Å². The molecule has 3 heteroatoms. The van der Waals surface area contributed by atoms with Crippen molar-refractivity contribution in [3.8, 4) is 0 Å². The Balaban J connectivity index is 2.50. The minimum absolute atomic E-state index is 0.0336. The number of nitrogens with one attached hydrogen (secondary N) is 1. The molecule has 2 rings (SSSR count). The third-order valence-corrected chi connectivity index (χ3v) is 4.06. The molecule has 0 aliphatic carbocycles. The van der Waals surface area contributed by atoms with Crippen molar-refractivity contribution in [1.82, 2.24) is 15.0 Å². The van der Waals surface area contributed by atoms with Gasteiger partial charge in [0, 0.05) is 27.8 Å². The minimum atomic E-state index is 0.0336. The van der Waals surface area contributed by atoms with Crippen molar-refractivity contribution in [2.75, 3.05) is 0 Å². The van der Waals surface area contributed by atoms with Gasteiger partial charge in [-0.3, -0.25) is 0 Å². The summed E-state index contributed by atoms with van der Waals surface area (Å²) in [5, 5.41) is 3.68. The number of fused-ring (bicyclic) bond motifs is 1. The molecule has 1 aromatic carbocycles. The lowest BCUT2D eigenvalue weighted by Crippen LogP contribution is -2.56. The van der Waals surface area contributed by atoms with E-state index in [1.54, 1.807) is 0 Å². The molecule has 0 unspecified atom stereocenters. The lowest BCUT2D eigenvalue weighted by Gasteiger charge is -2.41. The van der Waals surface area contributed by atoms with Crippen molar-refractivity contribution in [3.05, 3.63) is 36.0 Å². The third kappa shape index (κ3) is 4.40. The van der Waals surface area contributed by atoms with E-state index in [1.807, 2.05) is 0 Å². The molecule has 0 atom stereocenters. The summed E-state index contributed by atoms with van der Waals surface area (Å²) in [5.41, 5.74) is 6.45. The molecule has 0 saturated carbocycles. The van der Waals surface area contributed by atoms with Crippen LogP contribution in [0.1, 0.15) is 68.0 Å². The van der Waals surface area contributed by atoms with E-state index in [0.29, 0.717) is 0 Å². The average molecular weight is 330 g/mol. The largest absolute Gasteiger partial charge is 0.338 e. The molecule has 2 aromatic rings. The fourth-order valence-electron chi connectivity index (χ4n) is 3.13. The van der Waals surface area contributed by atoms with Gasteiger partial charge < -0.3 is 4.57 Å². The molecule has 3 nitrogen and oxygen atoms in total. The maximum absolute atomic E-state index is 3.69. The number of benzene rings is 1. The molecule has 0 fully saturated rings. The fourth-order valence-corrected chi connectivity index (χ4v) is 3.13. The molecular formula is C21H35N3. The Labute approximate surface area is 148 Å². The van der Waals surface area contributed by atoms with E-state index in [2.05, 4.69) is 108 Å². The molecule has 134 valence electrons. The zero-order valence-corrected chi connectivity index (χ0v) is 17.0. The van der Waals surface area contributed by atoms with Crippen LogP contribution in [-0.2, 0) is 12.1 Å². The van der Waals surface area contributed by atoms with Gasteiger partial charge in [-0.1, -0.05) is 18.2 Å². The molecule has 0 aliphatic heterocycles. The molecule has 24 heavy (non-hydrogen) atoms. The highest BCUT2D eigenvalue weighted by molar-refractivity contribution is 5.81. The second kappa shape index (κ2) is 6.20. The summed E-state index contributed by atoms with van der Waals surface area (Å²) in [6, 6.07) is 11.0. The second-order valence-electron chi connectivity index (χ2n) is 9.82. The van der Waals surface area contributed by atoms with Crippen LogP contribution in [0.2, 0.25) is 0 Å². The highest BCUT2D eigenvalue weighted by Crippen LogP contribution is 2.29. The van der Waals surface area contributed by atoms with Gasteiger partial charge in [-0.15, -0.1) is 0 Å². The van der Waals surface area contributed by atoms with E-state index < -0.39 is 0 Å². The zero-order chi connectivity index (χ0) is 18.3. The molecule has 0 aliphatic rings. The smallest absolute Gasteiger partial charge is 0.0541 e. The number of aromatic nitrogens is 1. The van der Waals surface area contributed by atoms with Crippen LogP contribution in [0, 0.1) is 0 Å². The zero-order valence-electron chi connectivity index (χ0n) is 17.0. The maximum Gasteiger partial charge on any atom is 0.0541 e. The highest BCUT2D eigenvalue weighted by Gasteiger charge is 2.28. The van der Waals surface area contributed by atoms with E-state index in [9.17, 15) is 0 Å². The summed E-state index contributed by atoms with van der Waals surface area (Å²) in [6.45, 7) is 21.1. The molecule has 1 aromatic heterocycles. The van der Waals surface area contributed by atoms with Gasteiger partial charge in [-0.25, -0.2) is 10.4 Å². The molecule has 0 amide bonds. The predicted octanol–water partition coefficient (Wildman–Crippen LogP) is 5.30. The van der Waals surface area contributed by atoms with Crippen LogP contribution >= 0.6 is 0 Å². The third-order valence-electron chi connectivity index (χ3n) is 4.06. The monoisotopic (exact) mass is 329 g/mol. The Morgan fingerprint density at radius 1 is 0.917 bits per heavy atom. The second-order valence-corrected chi connectivity index (χ2v) is 9.82. The summed E-state index contributed by atoms with van der Waals surface area (Å²) >= 11 is 0. The van der Waals surface area contributed by atoms with Gasteiger partial charge in [-0.05, 0) is 79.8 Å². The van der Waals surface area contributed by atoms with Crippen LogP contribution in [0.25, 0.3) is 10.9 Å². The molecule has 1 N–H and O–H groups in total. The number of hydrazine groups is 1. The summed E-state index contributed by atoms with van der Waals surface area (Å²) in [5.74, 6) is 0. The summed E-state index contributed by atoms with van der Waals surface area (Å²) in [6.07, 6.45) is 0. The van der Waals surface area contributed by atoms with Crippen LogP contribution in [0.4, 0.5) is 0 Å². The Morgan fingerprint density at radius 2 is 1.50 bits per heavy atom. The Hall–Kier alpha value is -1.32. The van der Waals surface area contributed by atoms with Crippen molar-refractivity contribution in [2.45, 2.75) is 85.5 Å². The van der Waals surface area contributed by atoms with E-state index >= 15 is 0 Å². The van der Waals surface area contributed by atoms with Crippen LogP contribution in [0.15, 0.2) is 30.3 Å². The van der Waals surface area contributed by atoms with Crippen LogP contribution in [0.5, 0.6) is 0 Å². The quantitative estimate of drug-likeness (QED) is 0.771. The molecule has 0 radical (unpaired) electrons. The van der Waals surface area contributed by atoms with Gasteiger partial charge in [0.25, 0.3) is 0 Å². The Bertz CT molecular complexity index is 690. The normalized spacial score (nSPS) is 13.9. The van der Waals surface area contributed by atoms with E-state index in [0.717, 1.165) is 6.54 Å². The fraction of sp³-hybridized carbons (Fsp3) is 0.619. The minimum Gasteiger partial charge on any atom is -0.338 e. The number of hydrogen-bond donors (Lipinski definition) is 1. The predicted molar refractivity (Wildman–Crippen MR) is 105 cm³/mol. The lowest BCUT2D eigenvalue weighted by molar-refractivity contribution is 0.0237. The highest BCUT2D eigenvalue weighted by atomic mass is 15.6. The van der Waals surface area contributed by atoms with E-state index in [-0.39, 0.29) is 16.6 Å². The molecular weight excluding hydrogens is 294 g/mol. The van der Waals surface area contributed by atoms with E-state index in [1.165, 1.54) is 16.6 Å². The number of hydrogen-bond acceptors (Lipinski definition) is 2. The average Bonchev–Trinajstić information content (AvgIpc) is 2.72. The van der Waals surface area contributed by atoms with Crippen LogP contribution < -0.4 is 5.43 Å². The van der Waals surface area contributed by atoms with Gasteiger partial charge in [0.05, 0.1) is 6.54 Å². The summed E-state index contributed by atoms with van der Waals surface area (Å²) < 4.78 is 2.48. The summed E-state index contributed by atoms with van der Waals surface area (Å²) in [7, 11) is 0. The molecule has 0 saturated heterocycles. The van der Waals surface area contributed by atoms with Crippen LogP contribution in [-0.4, -0.2) is 20.7 Å². The van der Waals surface area contributed by atoms with Gasteiger partial charge in [-0.2, -0.15) is 0 Å². The number of para-hydroxylation sites is 1. The van der Waals surface area contributed by atoms with Crippen LogP contribution in [0.3, 0.4) is 0 Å². The molecule has 0 spiro atoms. The Kier molecular flexibility index (Phi) is 4.91. The van der Waals surface area contributed by atoms with Gasteiger partial charge in [0.1, 0.15) is 0 Å². The summed E-state index contributed by atoms with van der Waals surface area (Å²) in [4.78, 5) is 0. The SMILES string of the molecule is CC(C)(C)NN(Cc1cc2ccccc2n1C(C)(C)C)C(C)(C)C. The van der Waals surface area contributed by atoms with Gasteiger partial charge in [0.15, 0.2) is 0 Å². The van der Waals surface area contributed by atoms with Crippen molar-refractivity contribution >= 4 is 10.9 Å². The first kappa shape index (κ1) is 19.0. The van der Waals surface area contributed by atoms with Crippen molar-refractivity contribution in [2.24, 2.45) is 0 Å². The first-order valence-corrected chi connectivity index (χ1v) is 8.94. The molecule has 0 bridgehead atoms.